The maximum atomic E-state index is 13.3. The van der Waals surface area contributed by atoms with E-state index in [-0.39, 0.29) is 11.5 Å². The summed E-state index contributed by atoms with van der Waals surface area (Å²) in [5.74, 6) is 4.32. The summed E-state index contributed by atoms with van der Waals surface area (Å²) in [7, 11) is 0. The number of amides is 3. The van der Waals surface area contributed by atoms with Gasteiger partial charge < -0.3 is 20.6 Å². The molecule has 1 heterocycles. The van der Waals surface area contributed by atoms with Crippen LogP contribution in [-0.2, 0) is 14.4 Å². The van der Waals surface area contributed by atoms with Gasteiger partial charge >= 0.3 is 5.97 Å². The predicted octanol–water partition coefficient (Wildman–Crippen LogP) is 3.54. The van der Waals surface area contributed by atoms with Crippen molar-refractivity contribution in [3.05, 3.63) is 64.7 Å². The standard InChI is InChI=1S/C29H34ClN7O5/c1-19(38)36-15-13-20(14-16-36)3-10-25(28(40)34-24-8-4-21(5-9-24)29(41)42)35-27(39)12-6-22-17-23(30)7-11-26(22)37(31)18-33-32-2/h4-9,11-12,17-18,20,25H,2-3,10,13-16,31H2,1H3,(H,34,40)(H,35,39)(H,41,42)/b12-6+,33-18-/t25-/m0/s1. The van der Waals surface area contributed by atoms with Crippen molar-refractivity contribution in [1.29, 1.82) is 0 Å². The average Bonchev–Trinajstić information content (AvgIpc) is 2.97. The Morgan fingerprint density at radius 2 is 1.88 bits per heavy atom. The molecule has 3 amide bonds. The number of hydrazine groups is 1. The minimum absolute atomic E-state index is 0.0453. The van der Waals surface area contributed by atoms with Crippen LogP contribution in [0.4, 0.5) is 11.4 Å². The van der Waals surface area contributed by atoms with Gasteiger partial charge in [0.2, 0.25) is 17.7 Å². The lowest BCUT2D eigenvalue weighted by Crippen LogP contribution is -2.44. The maximum absolute atomic E-state index is 13.3. The molecule has 1 fully saturated rings. The van der Waals surface area contributed by atoms with E-state index in [0.29, 0.717) is 53.8 Å². The molecule has 0 saturated carbocycles. The zero-order valence-electron chi connectivity index (χ0n) is 23.2. The van der Waals surface area contributed by atoms with E-state index in [1.807, 2.05) is 0 Å². The highest BCUT2D eigenvalue weighted by molar-refractivity contribution is 6.30. The predicted molar refractivity (Wildman–Crippen MR) is 163 cm³/mol. The van der Waals surface area contributed by atoms with Crippen LogP contribution in [0.15, 0.2) is 58.7 Å². The molecular formula is C29H34ClN7O5. The van der Waals surface area contributed by atoms with Crippen molar-refractivity contribution < 1.29 is 24.3 Å². The number of carbonyl (C=O) groups is 4. The second-order valence-electron chi connectivity index (χ2n) is 9.78. The molecule has 3 rings (SSSR count). The van der Waals surface area contributed by atoms with Crippen LogP contribution in [0.3, 0.4) is 0 Å². The monoisotopic (exact) mass is 595 g/mol. The molecule has 1 aliphatic heterocycles. The maximum Gasteiger partial charge on any atom is 0.335 e. The SMILES string of the molecule is C=N/N=C\N(N)c1ccc(Cl)cc1/C=C/C(=O)N[C@@H](CCC1CCN(C(C)=O)CC1)C(=O)Nc1ccc(C(=O)O)cc1. The fourth-order valence-corrected chi connectivity index (χ4v) is 4.75. The van der Waals surface area contributed by atoms with Crippen LogP contribution in [0.1, 0.15) is 48.5 Å². The van der Waals surface area contributed by atoms with Gasteiger partial charge in [0.05, 0.1) is 11.3 Å². The molecule has 13 heteroatoms. The van der Waals surface area contributed by atoms with Gasteiger partial charge in [-0.25, -0.2) is 10.6 Å². The first-order valence-electron chi connectivity index (χ1n) is 13.3. The highest BCUT2D eigenvalue weighted by atomic mass is 35.5. The van der Waals surface area contributed by atoms with Crippen molar-refractivity contribution in [2.75, 3.05) is 23.4 Å². The van der Waals surface area contributed by atoms with Crippen LogP contribution in [-0.4, -0.2) is 65.9 Å². The molecule has 2 aromatic rings. The number of nitrogens with two attached hydrogens (primary N) is 1. The number of aromatic carboxylic acids is 1. The zero-order valence-corrected chi connectivity index (χ0v) is 24.0. The normalized spacial score (nSPS) is 14.5. The molecule has 12 nitrogen and oxygen atoms in total. The fourth-order valence-electron chi connectivity index (χ4n) is 4.57. The number of hydrogen-bond acceptors (Lipinski definition) is 7. The van der Waals surface area contributed by atoms with E-state index in [1.165, 1.54) is 47.8 Å². The Labute approximate surface area is 248 Å². The van der Waals surface area contributed by atoms with Crippen LogP contribution in [0, 0.1) is 5.92 Å². The summed E-state index contributed by atoms with van der Waals surface area (Å²) in [6.45, 7) is 6.14. The van der Waals surface area contributed by atoms with E-state index in [9.17, 15) is 19.2 Å². The molecular weight excluding hydrogens is 562 g/mol. The van der Waals surface area contributed by atoms with Crippen LogP contribution in [0.5, 0.6) is 0 Å². The number of piperidine rings is 1. The third-order valence-electron chi connectivity index (χ3n) is 6.90. The second-order valence-corrected chi connectivity index (χ2v) is 10.2. The largest absolute Gasteiger partial charge is 0.478 e. The first kappa shape index (κ1) is 32.0. The summed E-state index contributed by atoms with van der Waals surface area (Å²) < 4.78 is 0. The lowest BCUT2D eigenvalue weighted by molar-refractivity contribution is -0.130. The van der Waals surface area contributed by atoms with E-state index < -0.39 is 23.8 Å². The summed E-state index contributed by atoms with van der Waals surface area (Å²) >= 11 is 6.15. The van der Waals surface area contributed by atoms with Gasteiger partial charge in [0.1, 0.15) is 12.4 Å². The molecule has 42 heavy (non-hydrogen) atoms. The number of nitrogens with one attached hydrogen (secondary N) is 2. The first-order chi connectivity index (χ1) is 20.1. The number of hydrogen-bond donors (Lipinski definition) is 4. The smallest absolute Gasteiger partial charge is 0.335 e. The van der Waals surface area contributed by atoms with Gasteiger partial charge in [-0.1, -0.05) is 11.6 Å². The highest BCUT2D eigenvalue weighted by Crippen LogP contribution is 2.25. The molecule has 2 aromatic carbocycles. The van der Waals surface area contributed by atoms with Crippen molar-refractivity contribution in [2.24, 2.45) is 22.0 Å². The van der Waals surface area contributed by atoms with Crippen molar-refractivity contribution in [3.8, 4) is 0 Å². The molecule has 0 aromatic heterocycles. The quantitative estimate of drug-likeness (QED) is 0.0955. The van der Waals surface area contributed by atoms with Gasteiger partial charge in [-0.2, -0.15) is 5.10 Å². The van der Waals surface area contributed by atoms with E-state index >= 15 is 0 Å². The summed E-state index contributed by atoms with van der Waals surface area (Å²) in [6, 6.07) is 9.78. The van der Waals surface area contributed by atoms with Crippen molar-refractivity contribution in [3.63, 3.8) is 0 Å². The molecule has 0 aliphatic carbocycles. The lowest BCUT2D eigenvalue weighted by Gasteiger charge is -2.32. The number of carboxylic acids is 1. The fraction of sp³-hybridized carbons (Fsp3) is 0.310. The molecule has 0 spiro atoms. The van der Waals surface area contributed by atoms with Crippen LogP contribution < -0.4 is 21.5 Å². The minimum atomic E-state index is -1.08. The van der Waals surface area contributed by atoms with Gasteiger partial charge in [0.25, 0.3) is 0 Å². The molecule has 0 unspecified atom stereocenters. The third kappa shape index (κ3) is 9.53. The highest BCUT2D eigenvalue weighted by Gasteiger charge is 2.25. The van der Waals surface area contributed by atoms with Crippen molar-refractivity contribution in [1.82, 2.24) is 10.2 Å². The van der Waals surface area contributed by atoms with Gasteiger partial charge in [0, 0.05) is 49.1 Å². The second kappa shape index (κ2) is 15.5. The molecule has 0 bridgehead atoms. The Morgan fingerprint density at radius 1 is 1.19 bits per heavy atom. The minimum Gasteiger partial charge on any atom is -0.478 e. The zero-order chi connectivity index (χ0) is 30.6. The Kier molecular flexibility index (Phi) is 11.8. The number of anilines is 2. The Balaban J connectivity index is 1.73. The molecule has 5 N–H and O–H groups in total. The van der Waals surface area contributed by atoms with E-state index in [1.54, 1.807) is 30.0 Å². The number of carboxylic acid groups (broad SMARTS) is 1. The van der Waals surface area contributed by atoms with E-state index in [2.05, 4.69) is 27.6 Å². The van der Waals surface area contributed by atoms with Crippen LogP contribution in [0.2, 0.25) is 5.02 Å². The number of nitrogens with zero attached hydrogens (tertiary/aromatic N) is 4. The Hall–Kier alpha value is -4.55. The summed E-state index contributed by atoms with van der Waals surface area (Å²) in [5, 5.41) is 23.3. The first-order valence-corrected chi connectivity index (χ1v) is 13.7. The summed E-state index contributed by atoms with van der Waals surface area (Å²) in [6.07, 6.45) is 6.71. The van der Waals surface area contributed by atoms with Crippen LogP contribution >= 0.6 is 11.6 Å². The van der Waals surface area contributed by atoms with Gasteiger partial charge in [-0.15, -0.1) is 5.10 Å². The Morgan fingerprint density at radius 3 is 2.50 bits per heavy atom. The number of rotatable bonds is 12. The third-order valence-corrected chi connectivity index (χ3v) is 7.13. The molecule has 1 aliphatic rings. The topological polar surface area (TPSA) is 170 Å². The molecule has 0 radical (unpaired) electrons. The number of halogens is 1. The van der Waals surface area contributed by atoms with Crippen LogP contribution in [0.25, 0.3) is 6.08 Å². The number of carbonyl (C=O) groups excluding carboxylic acids is 3. The van der Waals surface area contributed by atoms with Crippen molar-refractivity contribution in [2.45, 2.75) is 38.6 Å². The molecule has 222 valence electrons. The van der Waals surface area contributed by atoms with Gasteiger partial charge in [-0.05, 0) is 80.1 Å². The number of likely N-dealkylation sites (tertiary alicyclic amines) is 1. The molecule has 1 atom stereocenters. The van der Waals surface area contributed by atoms with Crippen molar-refractivity contribution >= 4 is 65.8 Å². The lowest BCUT2D eigenvalue weighted by atomic mass is 9.90. The molecule has 1 saturated heterocycles. The summed E-state index contributed by atoms with van der Waals surface area (Å²) in [4.78, 5) is 50.9. The van der Waals surface area contributed by atoms with Gasteiger partial charge in [-0.3, -0.25) is 19.4 Å². The Bertz CT molecular complexity index is 1350. The number of benzene rings is 2. The van der Waals surface area contributed by atoms with E-state index in [4.69, 9.17) is 22.6 Å². The summed E-state index contributed by atoms with van der Waals surface area (Å²) in [5.41, 5.74) is 1.50. The van der Waals surface area contributed by atoms with E-state index in [0.717, 1.165) is 12.8 Å². The average molecular weight is 596 g/mol. The van der Waals surface area contributed by atoms with Gasteiger partial charge in [0.15, 0.2) is 0 Å².